The molecule has 1 amide bonds. The number of anilines is 1. The van der Waals surface area contributed by atoms with Gasteiger partial charge in [0.25, 0.3) is 5.91 Å². The van der Waals surface area contributed by atoms with Crippen molar-refractivity contribution in [1.29, 1.82) is 0 Å². The van der Waals surface area contributed by atoms with Crippen molar-refractivity contribution in [3.05, 3.63) is 82.4 Å². The second-order valence-electron chi connectivity index (χ2n) is 6.28. The molecular weight excluding hydrogens is 372 g/mol. The molecule has 8 nitrogen and oxygen atoms in total. The van der Waals surface area contributed by atoms with Crippen LogP contribution in [-0.4, -0.2) is 27.9 Å². The van der Waals surface area contributed by atoms with E-state index in [1.165, 1.54) is 25.3 Å². The summed E-state index contributed by atoms with van der Waals surface area (Å²) in [6.45, 7) is 0. The van der Waals surface area contributed by atoms with E-state index in [9.17, 15) is 14.9 Å². The number of hydrogen-bond donors (Lipinski definition) is 2. The van der Waals surface area contributed by atoms with Crippen LogP contribution >= 0.6 is 0 Å². The van der Waals surface area contributed by atoms with Crippen molar-refractivity contribution in [2.75, 3.05) is 12.4 Å². The lowest BCUT2D eigenvalue weighted by molar-refractivity contribution is -0.385. The Morgan fingerprint density at radius 1 is 1.10 bits per heavy atom. The number of hydrogen-bond acceptors (Lipinski definition) is 5. The number of nitrogens with zero attached hydrogens (tertiary/aromatic N) is 2. The molecule has 0 bridgehead atoms. The normalized spacial score (nSPS) is 10.7. The Kier molecular flexibility index (Phi) is 4.66. The first-order valence-electron chi connectivity index (χ1n) is 8.74. The molecule has 0 aliphatic rings. The first kappa shape index (κ1) is 18.2. The van der Waals surface area contributed by atoms with Gasteiger partial charge in [-0.25, -0.2) is 4.98 Å². The average molecular weight is 388 g/mol. The minimum atomic E-state index is -0.586. The number of aromatic amines is 1. The van der Waals surface area contributed by atoms with E-state index in [1.807, 2.05) is 36.4 Å². The molecule has 3 aromatic carbocycles. The van der Waals surface area contributed by atoms with Crippen LogP contribution in [0.2, 0.25) is 0 Å². The monoisotopic (exact) mass is 388 g/mol. The molecule has 0 saturated carbocycles. The Morgan fingerprint density at radius 3 is 2.55 bits per heavy atom. The number of nitrogens with one attached hydrogen (secondary N) is 2. The van der Waals surface area contributed by atoms with Gasteiger partial charge in [-0.15, -0.1) is 0 Å². The van der Waals surface area contributed by atoms with Crippen molar-refractivity contribution in [2.45, 2.75) is 0 Å². The highest BCUT2D eigenvalue weighted by Crippen LogP contribution is 2.28. The Balaban J connectivity index is 1.53. The van der Waals surface area contributed by atoms with Crippen LogP contribution in [0.5, 0.6) is 5.75 Å². The fraction of sp³-hybridized carbons (Fsp3) is 0.0476. The van der Waals surface area contributed by atoms with E-state index < -0.39 is 10.8 Å². The van der Waals surface area contributed by atoms with E-state index in [2.05, 4.69) is 15.3 Å². The summed E-state index contributed by atoms with van der Waals surface area (Å²) in [5.41, 5.74) is 3.16. The van der Waals surface area contributed by atoms with Gasteiger partial charge in [0.15, 0.2) is 5.75 Å². The van der Waals surface area contributed by atoms with Crippen molar-refractivity contribution >= 4 is 28.3 Å². The van der Waals surface area contributed by atoms with Crippen LogP contribution in [0.1, 0.15) is 10.4 Å². The van der Waals surface area contributed by atoms with Gasteiger partial charge in [-0.3, -0.25) is 14.9 Å². The zero-order chi connectivity index (χ0) is 20.4. The lowest BCUT2D eigenvalue weighted by atomic mass is 10.1. The molecule has 0 atom stereocenters. The van der Waals surface area contributed by atoms with Crippen LogP contribution < -0.4 is 10.1 Å². The summed E-state index contributed by atoms with van der Waals surface area (Å²) in [5, 5.41) is 13.9. The molecule has 0 radical (unpaired) electrons. The summed E-state index contributed by atoms with van der Waals surface area (Å²) < 4.78 is 4.95. The standard InChI is InChI=1S/C21H16N4O4/c1-29-19-11-8-14(12-18(19)25(27)28)21(26)22-15-9-6-13(7-10-15)20-23-16-4-2-3-5-17(16)24-20/h2-12H,1H3,(H,22,26)(H,23,24). The Labute approximate surface area is 165 Å². The third kappa shape index (κ3) is 3.63. The highest BCUT2D eigenvalue weighted by atomic mass is 16.6. The lowest BCUT2D eigenvalue weighted by Gasteiger charge is -2.07. The molecule has 1 aromatic heterocycles. The van der Waals surface area contributed by atoms with E-state index >= 15 is 0 Å². The molecule has 0 saturated heterocycles. The average Bonchev–Trinajstić information content (AvgIpc) is 3.18. The Bertz CT molecular complexity index is 1180. The molecule has 0 aliphatic heterocycles. The number of aromatic nitrogens is 2. The fourth-order valence-electron chi connectivity index (χ4n) is 2.98. The summed E-state index contributed by atoms with van der Waals surface area (Å²) in [5.74, 6) is 0.379. The number of nitro groups is 1. The molecule has 1 heterocycles. The molecule has 29 heavy (non-hydrogen) atoms. The molecule has 0 fully saturated rings. The SMILES string of the molecule is COc1ccc(C(=O)Nc2ccc(-c3nc4ccccc4[nH]3)cc2)cc1[N+](=O)[O-]. The predicted molar refractivity (Wildman–Crippen MR) is 109 cm³/mol. The highest BCUT2D eigenvalue weighted by Gasteiger charge is 2.18. The minimum Gasteiger partial charge on any atom is -0.490 e. The van der Waals surface area contributed by atoms with Gasteiger partial charge >= 0.3 is 5.69 Å². The molecular formula is C21H16N4O4. The van der Waals surface area contributed by atoms with Crippen LogP contribution in [0.3, 0.4) is 0 Å². The van der Waals surface area contributed by atoms with Crippen molar-refractivity contribution in [3.8, 4) is 17.1 Å². The number of H-pyrrole nitrogens is 1. The Hall–Kier alpha value is -4.20. The maximum absolute atomic E-state index is 12.5. The largest absolute Gasteiger partial charge is 0.490 e. The quantitative estimate of drug-likeness (QED) is 0.389. The smallest absolute Gasteiger partial charge is 0.311 e. The summed E-state index contributed by atoms with van der Waals surface area (Å²) in [4.78, 5) is 30.8. The first-order chi connectivity index (χ1) is 14.0. The number of para-hydroxylation sites is 2. The van der Waals surface area contributed by atoms with Gasteiger partial charge in [0, 0.05) is 22.9 Å². The molecule has 4 aromatic rings. The van der Waals surface area contributed by atoms with Gasteiger partial charge in [0.2, 0.25) is 0 Å². The Morgan fingerprint density at radius 2 is 1.86 bits per heavy atom. The second-order valence-corrected chi connectivity index (χ2v) is 6.28. The van der Waals surface area contributed by atoms with E-state index in [0.717, 1.165) is 22.4 Å². The topological polar surface area (TPSA) is 110 Å². The van der Waals surface area contributed by atoms with Gasteiger partial charge < -0.3 is 15.0 Å². The third-order valence-electron chi connectivity index (χ3n) is 4.44. The first-order valence-corrected chi connectivity index (χ1v) is 8.74. The van der Waals surface area contributed by atoms with Crippen molar-refractivity contribution in [1.82, 2.24) is 9.97 Å². The number of carbonyl (C=O) groups excluding carboxylic acids is 1. The van der Waals surface area contributed by atoms with Crippen molar-refractivity contribution in [2.24, 2.45) is 0 Å². The van der Waals surface area contributed by atoms with E-state index in [4.69, 9.17) is 4.74 Å². The third-order valence-corrected chi connectivity index (χ3v) is 4.44. The number of ether oxygens (including phenoxy) is 1. The van der Waals surface area contributed by atoms with Gasteiger partial charge in [-0.2, -0.15) is 0 Å². The van der Waals surface area contributed by atoms with Crippen LogP contribution in [0.15, 0.2) is 66.7 Å². The number of imidazole rings is 1. The highest BCUT2D eigenvalue weighted by molar-refractivity contribution is 6.05. The van der Waals surface area contributed by atoms with Crippen molar-refractivity contribution in [3.63, 3.8) is 0 Å². The van der Waals surface area contributed by atoms with Crippen LogP contribution in [0.25, 0.3) is 22.4 Å². The van der Waals surface area contributed by atoms with Crippen LogP contribution in [-0.2, 0) is 0 Å². The number of carbonyl (C=O) groups is 1. The van der Waals surface area contributed by atoms with Crippen molar-refractivity contribution < 1.29 is 14.5 Å². The fourth-order valence-corrected chi connectivity index (χ4v) is 2.98. The zero-order valence-electron chi connectivity index (χ0n) is 15.4. The molecule has 0 unspecified atom stereocenters. The van der Waals surface area contributed by atoms with Gasteiger partial charge in [-0.05, 0) is 48.5 Å². The lowest BCUT2D eigenvalue weighted by Crippen LogP contribution is -2.12. The number of rotatable bonds is 5. The number of nitro benzene ring substituents is 1. The molecule has 0 aliphatic carbocycles. The maximum atomic E-state index is 12.5. The summed E-state index contributed by atoms with van der Waals surface area (Å²) >= 11 is 0. The number of methoxy groups -OCH3 is 1. The number of fused-ring (bicyclic) bond motifs is 1. The maximum Gasteiger partial charge on any atom is 0.311 e. The summed E-state index contributed by atoms with van der Waals surface area (Å²) in [7, 11) is 1.34. The van der Waals surface area contributed by atoms with Gasteiger partial charge in [0.1, 0.15) is 5.82 Å². The molecule has 8 heteroatoms. The number of benzene rings is 3. The molecule has 144 valence electrons. The van der Waals surface area contributed by atoms with Gasteiger partial charge in [0.05, 0.1) is 23.1 Å². The van der Waals surface area contributed by atoms with Crippen LogP contribution in [0.4, 0.5) is 11.4 Å². The molecule has 2 N–H and O–H groups in total. The van der Waals surface area contributed by atoms with Crippen LogP contribution in [0, 0.1) is 10.1 Å². The molecule has 0 spiro atoms. The van der Waals surface area contributed by atoms with E-state index in [0.29, 0.717) is 5.69 Å². The van der Waals surface area contributed by atoms with E-state index in [-0.39, 0.29) is 17.0 Å². The van der Waals surface area contributed by atoms with E-state index in [1.54, 1.807) is 12.1 Å². The molecule has 4 rings (SSSR count). The zero-order valence-corrected chi connectivity index (χ0v) is 15.4. The predicted octanol–water partition coefficient (Wildman–Crippen LogP) is 4.40. The summed E-state index contributed by atoms with van der Waals surface area (Å²) in [6, 6.07) is 19.0. The summed E-state index contributed by atoms with van der Waals surface area (Å²) in [6.07, 6.45) is 0. The van der Waals surface area contributed by atoms with Gasteiger partial charge in [-0.1, -0.05) is 12.1 Å². The minimum absolute atomic E-state index is 0.0988. The number of amides is 1. The second kappa shape index (κ2) is 7.43.